The third kappa shape index (κ3) is 7.86. The van der Waals surface area contributed by atoms with Crippen LogP contribution in [0.3, 0.4) is 0 Å². The van der Waals surface area contributed by atoms with E-state index in [9.17, 15) is 19.8 Å². The van der Waals surface area contributed by atoms with Crippen molar-refractivity contribution in [2.75, 3.05) is 14.2 Å². The van der Waals surface area contributed by atoms with E-state index in [-0.39, 0.29) is 42.5 Å². The maximum absolute atomic E-state index is 11.8. The molecule has 2 N–H and O–H groups in total. The van der Waals surface area contributed by atoms with Crippen molar-refractivity contribution in [3.63, 3.8) is 0 Å². The number of hydrogen-bond donors (Lipinski definition) is 2. The van der Waals surface area contributed by atoms with Crippen molar-refractivity contribution in [1.82, 2.24) is 9.13 Å². The molecule has 2 rings (SSSR count). The minimum Gasteiger partial charge on any atom is -0.503 e. The summed E-state index contributed by atoms with van der Waals surface area (Å²) in [6.45, 7) is 7.89. The molecule has 0 unspecified atom stereocenters. The second-order valence-corrected chi connectivity index (χ2v) is 8.52. The number of aromatic hydroxyl groups is 2. The van der Waals surface area contributed by atoms with Crippen LogP contribution in [0.25, 0.3) is 0 Å². The van der Waals surface area contributed by atoms with E-state index in [1.54, 1.807) is 0 Å². The summed E-state index contributed by atoms with van der Waals surface area (Å²) in [5, 5.41) is 19.8. The van der Waals surface area contributed by atoms with Crippen LogP contribution >= 0.6 is 0 Å². The van der Waals surface area contributed by atoms with Gasteiger partial charge in [0.1, 0.15) is 0 Å². The van der Waals surface area contributed by atoms with Gasteiger partial charge in [0.2, 0.25) is 0 Å². The zero-order chi connectivity index (χ0) is 26.0. The van der Waals surface area contributed by atoms with Gasteiger partial charge in [-0.1, -0.05) is 39.5 Å². The van der Waals surface area contributed by atoms with Gasteiger partial charge in [0.05, 0.1) is 37.0 Å². The maximum Gasteiger partial charge on any atom is 0.265 e. The third-order valence-electron chi connectivity index (χ3n) is 6.31. The Morgan fingerprint density at radius 1 is 0.686 bits per heavy atom. The molecule has 0 spiro atoms. The number of methoxy groups -OCH3 is 2. The second kappa shape index (κ2) is 15.7. The molecule has 2 aromatic heterocycles. The van der Waals surface area contributed by atoms with Crippen LogP contribution < -0.4 is 20.3 Å². The first-order chi connectivity index (χ1) is 16.1. The smallest absolute Gasteiger partial charge is 0.265 e. The Balaban J connectivity index is 0.000000642. The molecule has 0 bridgehead atoms. The molecular formula is C26H42N2O6Zn. The summed E-state index contributed by atoms with van der Waals surface area (Å²) in [6.07, 6.45) is 7.81. The van der Waals surface area contributed by atoms with Crippen LogP contribution in [0.2, 0.25) is 0 Å². The number of aromatic nitrogens is 2. The molecule has 2 aromatic rings. The van der Waals surface area contributed by atoms with Gasteiger partial charge in [0.25, 0.3) is 10.9 Å². The first kappa shape index (κ1) is 32.7. The summed E-state index contributed by atoms with van der Waals surface area (Å²) < 4.78 is 13.7. The normalized spacial score (nSPS) is 10.3. The molecule has 0 saturated heterocycles. The van der Waals surface area contributed by atoms with Gasteiger partial charge in [-0.25, -0.2) is 0 Å². The van der Waals surface area contributed by atoms with Crippen molar-refractivity contribution in [2.45, 2.75) is 79.1 Å². The molecule has 0 aliphatic heterocycles. The molecule has 2 heterocycles. The van der Waals surface area contributed by atoms with Crippen LogP contribution in [0, 0.1) is 13.8 Å². The van der Waals surface area contributed by atoms with Gasteiger partial charge in [-0.3, -0.25) is 9.59 Å². The van der Waals surface area contributed by atoms with E-state index in [0.29, 0.717) is 11.4 Å². The molecule has 0 radical (unpaired) electrons. The molecule has 0 aliphatic rings. The monoisotopic (exact) mass is 542 g/mol. The van der Waals surface area contributed by atoms with Crippen LogP contribution in [-0.4, -0.2) is 33.6 Å². The number of ether oxygens (including phenoxy) is 2. The van der Waals surface area contributed by atoms with Crippen molar-refractivity contribution >= 4 is 0 Å². The largest absolute Gasteiger partial charge is 0.503 e. The van der Waals surface area contributed by atoms with Gasteiger partial charge in [0.15, 0.2) is 23.0 Å². The molecular weight excluding hydrogens is 502 g/mol. The molecule has 0 amide bonds. The maximum atomic E-state index is 11.8. The van der Waals surface area contributed by atoms with E-state index in [2.05, 4.69) is 13.8 Å². The molecule has 194 valence electrons. The molecule has 8 nitrogen and oxygen atoms in total. The topological polar surface area (TPSA) is 103 Å². The van der Waals surface area contributed by atoms with E-state index in [4.69, 9.17) is 9.47 Å². The average Bonchev–Trinajstić information content (AvgIpc) is 2.82. The predicted octanol–water partition coefficient (Wildman–Crippen LogP) is 4.28. The summed E-state index contributed by atoms with van der Waals surface area (Å²) in [4.78, 5) is 23.7. The Bertz CT molecular complexity index is 990. The van der Waals surface area contributed by atoms with Crippen molar-refractivity contribution in [1.29, 1.82) is 0 Å². The van der Waals surface area contributed by atoms with E-state index < -0.39 is 10.9 Å². The van der Waals surface area contributed by atoms with Crippen molar-refractivity contribution in [3.8, 4) is 23.0 Å². The van der Waals surface area contributed by atoms with Crippen LogP contribution in [-0.2, 0) is 46.4 Å². The summed E-state index contributed by atoms with van der Waals surface area (Å²) >= 11 is 0. The Morgan fingerprint density at radius 2 is 1.00 bits per heavy atom. The zero-order valence-electron chi connectivity index (χ0n) is 22.8. The molecule has 9 heteroatoms. The fourth-order valence-corrected chi connectivity index (χ4v) is 3.97. The number of hydrogen-bond acceptors (Lipinski definition) is 6. The first-order valence-corrected chi connectivity index (χ1v) is 12.0. The number of pyridine rings is 2. The van der Waals surface area contributed by atoms with Crippen LogP contribution in [0.1, 0.15) is 75.1 Å². The van der Waals surface area contributed by atoms with Gasteiger partial charge in [-0.05, 0) is 39.5 Å². The van der Waals surface area contributed by atoms with E-state index >= 15 is 0 Å². The predicted molar refractivity (Wildman–Crippen MR) is 136 cm³/mol. The van der Waals surface area contributed by atoms with Gasteiger partial charge in [-0.2, -0.15) is 0 Å². The number of rotatable bonds is 10. The Hall–Kier alpha value is -2.28. The summed E-state index contributed by atoms with van der Waals surface area (Å²) in [7, 11) is 6.58. The standard InChI is InChI=1S/2C13H21NO3.Zn/c2*1-5-6-7-8-10-11(15)12(16)13(17-4)9(2)14(10)3;/h2*15H,5-8H2,1-4H3;. The summed E-state index contributed by atoms with van der Waals surface area (Å²) in [5.74, 6) is 0.102. The molecule has 0 saturated carbocycles. The Kier molecular flexibility index (Phi) is 14.6. The average molecular weight is 544 g/mol. The fourth-order valence-electron chi connectivity index (χ4n) is 3.97. The summed E-state index contributed by atoms with van der Waals surface area (Å²) in [6, 6.07) is 0. The Labute approximate surface area is 221 Å². The summed E-state index contributed by atoms with van der Waals surface area (Å²) in [5.41, 5.74) is 2.08. The zero-order valence-corrected chi connectivity index (χ0v) is 25.8. The molecule has 35 heavy (non-hydrogen) atoms. The van der Waals surface area contributed by atoms with Gasteiger partial charge in [-0.15, -0.1) is 0 Å². The third-order valence-corrected chi connectivity index (χ3v) is 6.31. The molecule has 0 aromatic carbocycles. The first-order valence-electron chi connectivity index (χ1n) is 12.0. The van der Waals surface area contributed by atoms with E-state index in [0.717, 1.165) is 62.8 Å². The number of nitrogens with zero attached hydrogens (tertiary/aromatic N) is 2. The van der Waals surface area contributed by atoms with Gasteiger partial charge >= 0.3 is 0 Å². The molecule has 0 atom stereocenters. The van der Waals surface area contributed by atoms with Crippen molar-refractivity contribution in [3.05, 3.63) is 43.2 Å². The minimum absolute atomic E-state index is 0. The van der Waals surface area contributed by atoms with E-state index in [1.165, 1.54) is 14.2 Å². The second-order valence-electron chi connectivity index (χ2n) is 8.52. The number of unbranched alkanes of at least 4 members (excludes halogenated alkanes) is 4. The van der Waals surface area contributed by atoms with Crippen LogP contribution in [0.15, 0.2) is 9.59 Å². The Morgan fingerprint density at radius 3 is 1.26 bits per heavy atom. The minimum atomic E-state index is -0.408. The molecule has 0 aliphatic carbocycles. The van der Waals surface area contributed by atoms with E-state index in [1.807, 2.05) is 37.1 Å². The fraction of sp³-hybridized carbons (Fsp3) is 0.615. The van der Waals surface area contributed by atoms with Crippen LogP contribution in [0.4, 0.5) is 0 Å². The van der Waals surface area contributed by atoms with Gasteiger partial charge < -0.3 is 28.8 Å². The van der Waals surface area contributed by atoms with Crippen LogP contribution in [0.5, 0.6) is 23.0 Å². The van der Waals surface area contributed by atoms with Gasteiger partial charge in [0, 0.05) is 33.6 Å². The quantitative estimate of drug-likeness (QED) is 0.342. The SMILES string of the molecule is CCCCCc1c(O)c(=O)c(OC)c(C)n1C.CCCCCc1c(O)c(=O)c(OC)c(C)n1C.[Zn]. The van der Waals surface area contributed by atoms with Crippen molar-refractivity contribution < 1.29 is 39.2 Å². The molecule has 0 fully saturated rings. The van der Waals surface area contributed by atoms with Crippen molar-refractivity contribution in [2.24, 2.45) is 14.1 Å².